The van der Waals surface area contributed by atoms with E-state index in [1.807, 2.05) is 26.0 Å². The Hall–Kier alpha value is -3.15. The molecule has 146 valence electrons. The summed E-state index contributed by atoms with van der Waals surface area (Å²) in [6, 6.07) is 8.19. The molecule has 0 saturated carbocycles. The van der Waals surface area contributed by atoms with Crippen LogP contribution in [0.3, 0.4) is 0 Å². The molecule has 0 atom stereocenters. The van der Waals surface area contributed by atoms with Gasteiger partial charge in [0.2, 0.25) is 6.41 Å². The molecular formula is C22H27N5O. The van der Waals surface area contributed by atoms with Crippen LogP contribution in [0.25, 0.3) is 22.3 Å². The number of aryl methyl sites for hydroxylation is 2. The van der Waals surface area contributed by atoms with Crippen molar-refractivity contribution in [1.29, 1.82) is 0 Å². The summed E-state index contributed by atoms with van der Waals surface area (Å²) >= 11 is 0. The van der Waals surface area contributed by atoms with Crippen molar-refractivity contribution in [2.75, 3.05) is 18.4 Å². The first-order chi connectivity index (χ1) is 13.5. The Kier molecular flexibility index (Phi) is 6.09. The maximum atomic E-state index is 10.5. The number of amides is 1. The number of aromatic amines is 1. The van der Waals surface area contributed by atoms with Gasteiger partial charge in [0, 0.05) is 36.5 Å². The van der Waals surface area contributed by atoms with E-state index in [0.717, 1.165) is 58.9 Å². The van der Waals surface area contributed by atoms with Gasteiger partial charge < -0.3 is 15.6 Å². The van der Waals surface area contributed by atoms with Crippen LogP contribution in [0, 0.1) is 13.8 Å². The lowest BCUT2D eigenvalue weighted by molar-refractivity contribution is -0.109. The topological polar surface area (TPSA) is 82.7 Å². The Bertz CT molecular complexity index is 1020. The van der Waals surface area contributed by atoms with E-state index in [2.05, 4.69) is 47.7 Å². The quantitative estimate of drug-likeness (QED) is 0.316. The number of rotatable bonds is 8. The molecule has 3 aromatic rings. The molecule has 6 nitrogen and oxygen atoms in total. The molecule has 0 unspecified atom stereocenters. The number of hydrogen-bond acceptors (Lipinski definition) is 4. The molecule has 3 rings (SSSR count). The molecule has 28 heavy (non-hydrogen) atoms. The highest BCUT2D eigenvalue weighted by atomic mass is 16.1. The van der Waals surface area contributed by atoms with Gasteiger partial charge in [-0.25, -0.2) is 9.97 Å². The number of H-pyrrole nitrogens is 1. The van der Waals surface area contributed by atoms with Gasteiger partial charge in [-0.3, -0.25) is 4.79 Å². The molecule has 1 amide bonds. The van der Waals surface area contributed by atoms with Crippen LogP contribution >= 0.6 is 0 Å². The largest absolute Gasteiger partial charge is 0.365 e. The highest BCUT2D eigenvalue weighted by Gasteiger charge is 2.13. The van der Waals surface area contributed by atoms with Crippen LogP contribution in [0.2, 0.25) is 0 Å². The first-order valence-electron chi connectivity index (χ1n) is 9.52. The van der Waals surface area contributed by atoms with E-state index in [1.54, 1.807) is 0 Å². The van der Waals surface area contributed by atoms with Crippen molar-refractivity contribution in [2.45, 2.75) is 34.1 Å². The second-order valence-corrected chi connectivity index (χ2v) is 6.99. The number of aromatic nitrogens is 3. The Labute approximate surface area is 165 Å². The third kappa shape index (κ3) is 4.22. The van der Waals surface area contributed by atoms with Crippen molar-refractivity contribution in [1.82, 2.24) is 20.3 Å². The Morgan fingerprint density at radius 3 is 2.82 bits per heavy atom. The van der Waals surface area contributed by atoms with Crippen LogP contribution < -0.4 is 10.6 Å². The van der Waals surface area contributed by atoms with Gasteiger partial charge in [0.25, 0.3) is 0 Å². The normalized spacial score (nSPS) is 11.6. The average molecular weight is 377 g/mol. The number of carbonyl (C=O) groups is 1. The van der Waals surface area contributed by atoms with Gasteiger partial charge in [0.1, 0.15) is 11.3 Å². The molecule has 0 saturated heterocycles. The number of hydrogen-bond donors (Lipinski definition) is 3. The molecule has 6 heteroatoms. The van der Waals surface area contributed by atoms with Crippen LogP contribution in [0.1, 0.15) is 30.8 Å². The zero-order valence-electron chi connectivity index (χ0n) is 16.9. The van der Waals surface area contributed by atoms with Crippen molar-refractivity contribution < 1.29 is 4.79 Å². The van der Waals surface area contributed by atoms with Gasteiger partial charge in [-0.05, 0) is 45.4 Å². The number of carbonyl (C=O) groups excluding carboxylic acids is 1. The van der Waals surface area contributed by atoms with E-state index in [4.69, 9.17) is 9.97 Å². The Balaban J connectivity index is 1.99. The maximum Gasteiger partial charge on any atom is 0.207 e. The third-order valence-electron chi connectivity index (χ3n) is 4.91. The van der Waals surface area contributed by atoms with Crippen molar-refractivity contribution in [3.05, 3.63) is 52.9 Å². The van der Waals surface area contributed by atoms with Gasteiger partial charge >= 0.3 is 0 Å². The molecule has 0 radical (unpaired) electrons. The maximum absolute atomic E-state index is 10.5. The second-order valence-electron chi connectivity index (χ2n) is 6.99. The summed E-state index contributed by atoms with van der Waals surface area (Å²) in [5.41, 5.74) is 8.20. The summed E-state index contributed by atoms with van der Waals surface area (Å²) in [6.45, 7) is 9.52. The van der Waals surface area contributed by atoms with Crippen molar-refractivity contribution in [2.24, 2.45) is 0 Å². The summed E-state index contributed by atoms with van der Waals surface area (Å²) in [5.74, 6) is 0.805. The molecule has 0 aliphatic rings. The van der Waals surface area contributed by atoms with Crippen LogP contribution in [0.15, 0.2) is 35.9 Å². The van der Waals surface area contributed by atoms with Gasteiger partial charge in [-0.15, -0.1) is 0 Å². The van der Waals surface area contributed by atoms with E-state index < -0.39 is 0 Å². The zero-order valence-corrected chi connectivity index (χ0v) is 16.9. The van der Waals surface area contributed by atoms with Gasteiger partial charge in [-0.2, -0.15) is 0 Å². The van der Waals surface area contributed by atoms with Gasteiger partial charge in [0.15, 0.2) is 0 Å². The Morgan fingerprint density at radius 1 is 1.25 bits per heavy atom. The highest BCUT2D eigenvalue weighted by molar-refractivity contribution is 5.91. The van der Waals surface area contributed by atoms with Crippen LogP contribution in [-0.4, -0.2) is 34.5 Å². The lowest BCUT2D eigenvalue weighted by Gasteiger charge is -2.11. The molecule has 0 aliphatic heterocycles. The third-order valence-corrected chi connectivity index (χ3v) is 4.91. The molecule has 2 heterocycles. The minimum atomic E-state index is 0.608. The summed E-state index contributed by atoms with van der Waals surface area (Å²) in [5, 5.41) is 6.10. The molecule has 1 aromatic carbocycles. The minimum absolute atomic E-state index is 0.608. The van der Waals surface area contributed by atoms with Crippen molar-refractivity contribution in [3.63, 3.8) is 0 Å². The van der Waals surface area contributed by atoms with Gasteiger partial charge in [-0.1, -0.05) is 23.8 Å². The fourth-order valence-corrected chi connectivity index (χ4v) is 3.14. The number of allylic oxidation sites excluding steroid dienone is 1. The first kappa shape index (κ1) is 19.6. The monoisotopic (exact) mass is 377 g/mol. The molecule has 3 N–H and O–H groups in total. The summed E-state index contributed by atoms with van der Waals surface area (Å²) in [6.07, 6.45) is 3.58. The van der Waals surface area contributed by atoms with Gasteiger partial charge in [0.05, 0.1) is 11.2 Å². The minimum Gasteiger partial charge on any atom is -0.365 e. The van der Waals surface area contributed by atoms with Crippen LogP contribution in [0.4, 0.5) is 5.82 Å². The van der Waals surface area contributed by atoms with E-state index in [9.17, 15) is 4.79 Å². The average Bonchev–Trinajstić information content (AvgIpc) is 3.06. The molecular weight excluding hydrogens is 350 g/mol. The lowest BCUT2D eigenvalue weighted by Crippen LogP contribution is -2.14. The molecule has 2 aromatic heterocycles. The van der Waals surface area contributed by atoms with Crippen LogP contribution in [-0.2, 0) is 11.2 Å². The fraction of sp³-hybridized carbons (Fsp3) is 0.318. The fourth-order valence-electron chi connectivity index (χ4n) is 3.14. The number of anilines is 1. The predicted octanol–water partition coefficient (Wildman–Crippen LogP) is 3.91. The molecule has 0 spiro atoms. The first-order valence-corrected chi connectivity index (χ1v) is 9.52. The second kappa shape index (κ2) is 8.69. The summed E-state index contributed by atoms with van der Waals surface area (Å²) < 4.78 is 0. The molecule has 0 bridgehead atoms. The van der Waals surface area contributed by atoms with Crippen LogP contribution in [0.5, 0.6) is 0 Å². The van der Waals surface area contributed by atoms with E-state index >= 15 is 0 Å². The highest BCUT2D eigenvalue weighted by Crippen LogP contribution is 2.29. The van der Waals surface area contributed by atoms with E-state index in [0.29, 0.717) is 6.54 Å². The number of fused-ring (bicyclic) bond motifs is 1. The summed E-state index contributed by atoms with van der Waals surface area (Å²) in [4.78, 5) is 23.6. The number of benzene rings is 1. The number of para-hydroxylation sites is 1. The van der Waals surface area contributed by atoms with E-state index in [1.165, 1.54) is 11.1 Å². The smallest absolute Gasteiger partial charge is 0.207 e. The van der Waals surface area contributed by atoms with Crippen molar-refractivity contribution >= 4 is 23.3 Å². The number of nitrogens with one attached hydrogen (secondary N) is 3. The SMILES string of the molecule is C/C=C(/C)CNc1nc2c(-c3cc(C)c(CCNC=O)[nH]3)cccc2nc1C. The summed E-state index contributed by atoms with van der Waals surface area (Å²) in [7, 11) is 0. The van der Waals surface area contributed by atoms with E-state index in [-0.39, 0.29) is 0 Å². The Morgan fingerprint density at radius 2 is 2.07 bits per heavy atom. The predicted molar refractivity (Wildman–Crippen MR) is 114 cm³/mol. The zero-order chi connectivity index (χ0) is 20.1. The number of nitrogens with zero attached hydrogens (tertiary/aromatic N) is 2. The molecule has 0 fully saturated rings. The standard InChI is InChI=1S/C22H27N5O/c1-5-14(2)12-24-22-16(4)25-19-8-6-7-17(21(19)27-22)20-11-15(3)18(26-20)9-10-23-13-28/h5-8,11,13,26H,9-10,12H2,1-4H3,(H,23,28)(H,24,27)/b14-5-. The van der Waals surface area contributed by atoms with Crippen molar-refractivity contribution in [3.8, 4) is 11.3 Å². The lowest BCUT2D eigenvalue weighted by atomic mass is 10.1. The molecule has 0 aliphatic carbocycles.